The highest BCUT2D eigenvalue weighted by Gasteiger charge is 2.30. The summed E-state index contributed by atoms with van der Waals surface area (Å²) < 4.78 is 44.1. The number of hydrogen-bond acceptors (Lipinski definition) is 6. The topological polar surface area (TPSA) is 72.8 Å². The lowest BCUT2D eigenvalue weighted by Gasteiger charge is -2.10. The van der Waals surface area contributed by atoms with Crippen LogP contribution in [0.15, 0.2) is 48.8 Å². The zero-order valence-electron chi connectivity index (χ0n) is 15.1. The van der Waals surface area contributed by atoms with Crippen molar-refractivity contribution < 1.29 is 17.9 Å². The van der Waals surface area contributed by atoms with E-state index in [2.05, 4.69) is 25.3 Å². The first-order chi connectivity index (χ1) is 13.4. The molecule has 0 unspecified atom stereocenters. The molecule has 1 N–H and O–H groups in total. The predicted octanol–water partition coefficient (Wildman–Crippen LogP) is 3.89. The van der Waals surface area contributed by atoms with Gasteiger partial charge >= 0.3 is 12.2 Å². The molecular weight excluding hydrogens is 371 g/mol. The van der Waals surface area contributed by atoms with Crippen LogP contribution in [0.3, 0.4) is 0 Å². The maximum atomic E-state index is 12.9. The molecule has 0 aliphatic rings. The molecule has 9 heteroatoms. The molecule has 2 heterocycles. The average Bonchev–Trinajstić information content (AvgIpc) is 2.67. The van der Waals surface area contributed by atoms with Crippen molar-refractivity contribution in [1.29, 1.82) is 0 Å². The second-order valence-electron chi connectivity index (χ2n) is 5.87. The van der Waals surface area contributed by atoms with E-state index in [0.29, 0.717) is 24.5 Å². The summed E-state index contributed by atoms with van der Waals surface area (Å²) in [5.41, 5.74) is 0.719. The fourth-order valence-corrected chi connectivity index (χ4v) is 2.47. The van der Waals surface area contributed by atoms with Gasteiger partial charge in [-0.15, -0.1) is 0 Å². The molecule has 2 aromatic heterocycles. The van der Waals surface area contributed by atoms with E-state index in [-0.39, 0.29) is 18.4 Å². The first-order valence-electron chi connectivity index (χ1n) is 8.60. The number of nitrogens with zero attached hydrogens (tertiary/aromatic N) is 4. The van der Waals surface area contributed by atoms with Gasteiger partial charge in [0.05, 0.1) is 12.2 Å². The minimum atomic E-state index is -4.40. The molecule has 0 aliphatic heterocycles. The molecule has 0 bridgehead atoms. The molecule has 6 nitrogen and oxygen atoms in total. The average molecular weight is 389 g/mol. The van der Waals surface area contributed by atoms with Crippen LogP contribution >= 0.6 is 0 Å². The fraction of sp³-hybridized carbons (Fsp3) is 0.263. The minimum absolute atomic E-state index is 0.121. The van der Waals surface area contributed by atoms with Crippen LogP contribution in [0.5, 0.6) is 6.01 Å². The number of benzene rings is 1. The van der Waals surface area contributed by atoms with Crippen molar-refractivity contribution in [2.24, 2.45) is 0 Å². The lowest BCUT2D eigenvalue weighted by molar-refractivity contribution is -0.137. The third kappa shape index (κ3) is 5.38. The molecule has 0 saturated heterocycles. The SMILES string of the molecule is CCOc1nc(Cc2cccc(C(F)(F)F)c2)nc(NCc2ccncc2)n1. The van der Waals surface area contributed by atoms with E-state index in [4.69, 9.17) is 4.74 Å². The standard InChI is InChI=1S/C19H18F3N5O/c1-2-28-18-26-16(11-14-4-3-5-15(10-14)19(20,21)22)25-17(27-18)24-12-13-6-8-23-9-7-13/h3-10H,2,11-12H2,1H3,(H,24,25,26,27). The molecule has 0 radical (unpaired) electrons. The van der Waals surface area contributed by atoms with Gasteiger partial charge in [-0.2, -0.15) is 28.1 Å². The first-order valence-corrected chi connectivity index (χ1v) is 8.60. The first kappa shape index (κ1) is 19.5. The van der Waals surface area contributed by atoms with Crippen LogP contribution < -0.4 is 10.1 Å². The molecule has 1 aromatic carbocycles. The van der Waals surface area contributed by atoms with Gasteiger partial charge in [-0.05, 0) is 36.2 Å². The van der Waals surface area contributed by atoms with Gasteiger partial charge in [-0.25, -0.2) is 0 Å². The summed E-state index contributed by atoms with van der Waals surface area (Å²) in [6, 6.07) is 8.91. The largest absolute Gasteiger partial charge is 0.464 e. The summed E-state index contributed by atoms with van der Waals surface area (Å²) in [7, 11) is 0. The van der Waals surface area contributed by atoms with E-state index in [9.17, 15) is 13.2 Å². The van der Waals surface area contributed by atoms with E-state index >= 15 is 0 Å². The maximum absolute atomic E-state index is 12.9. The van der Waals surface area contributed by atoms with Crippen LogP contribution in [0.1, 0.15) is 29.4 Å². The Hall–Kier alpha value is -3.23. The molecule has 3 aromatic rings. The number of pyridine rings is 1. The second kappa shape index (κ2) is 8.64. The second-order valence-corrected chi connectivity index (χ2v) is 5.87. The van der Waals surface area contributed by atoms with E-state index < -0.39 is 11.7 Å². The number of hydrogen-bond donors (Lipinski definition) is 1. The zero-order chi connectivity index (χ0) is 20.0. The summed E-state index contributed by atoms with van der Waals surface area (Å²) in [5, 5.41) is 3.07. The number of ether oxygens (including phenoxy) is 1. The monoisotopic (exact) mass is 389 g/mol. The van der Waals surface area contributed by atoms with Crippen molar-refractivity contribution >= 4 is 5.95 Å². The van der Waals surface area contributed by atoms with Gasteiger partial charge in [0.15, 0.2) is 0 Å². The van der Waals surface area contributed by atoms with Gasteiger partial charge in [0.2, 0.25) is 5.95 Å². The summed E-state index contributed by atoms with van der Waals surface area (Å²) in [6.45, 7) is 2.61. The van der Waals surface area contributed by atoms with E-state index in [0.717, 1.165) is 17.7 Å². The maximum Gasteiger partial charge on any atom is 0.416 e. The Labute approximate surface area is 159 Å². The normalized spacial score (nSPS) is 11.3. The third-order valence-electron chi connectivity index (χ3n) is 3.75. The van der Waals surface area contributed by atoms with Crippen LogP contribution in [0.4, 0.5) is 19.1 Å². The molecule has 3 rings (SSSR count). The van der Waals surface area contributed by atoms with Gasteiger partial charge < -0.3 is 10.1 Å². The van der Waals surface area contributed by atoms with E-state index in [1.54, 1.807) is 25.4 Å². The highest BCUT2D eigenvalue weighted by Crippen LogP contribution is 2.29. The van der Waals surface area contributed by atoms with Gasteiger partial charge in [0, 0.05) is 25.4 Å². The van der Waals surface area contributed by atoms with Crippen molar-refractivity contribution in [3.63, 3.8) is 0 Å². The molecule has 0 amide bonds. The third-order valence-corrected chi connectivity index (χ3v) is 3.75. The van der Waals surface area contributed by atoms with Crippen molar-refractivity contribution in [2.45, 2.75) is 26.1 Å². The van der Waals surface area contributed by atoms with Crippen LogP contribution in [-0.2, 0) is 19.1 Å². The van der Waals surface area contributed by atoms with Gasteiger partial charge in [0.25, 0.3) is 0 Å². The Morgan fingerprint density at radius 3 is 2.50 bits per heavy atom. The lowest BCUT2D eigenvalue weighted by Crippen LogP contribution is -2.10. The molecule has 0 aliphatic carbocycles. The molecule has 0 fully saturated rings. The Kier molecular flexibility index (Phi) is 6.03. The highest BCUT2D eigenvalue weighted by molar-refractivity contribution is 5.31. The van der Waals surface area contributed by atoms with E-state index in [1.165, 1.54) is 6.07 Å². The molecule has 0 atom stereocenters. The van der Waals surface area contributed by atoms with Crippen LogP contribution in [0, 0.1) is 0 Å². The number of rotatable bonds is 7. The van der Waals surface area contributed by atoms with Crippen molar-refractivity contribution in [2.75, 3.05) is 11.9 Å². The minimum Gasteiger partial charge on any atom is -0.464 e. The Morgan fingerprint density at radius 2 is 1.79 bits per heavy atom. The highest BCUT2D eigenvalue weighted by atomic mass is 19.4. The van der Waals surface area contributed by atoms with Gasteiger partial charge in [-0.1, -0.05) is 18.2 Å². The fourth-order valence-electron chi connectivity index (χ4n) is 2.47. The summed E-state index contributed by atoms with van der Waals surface area (Å²) in [6.07, 6.45) is -0.927. The number of anilines is 1. The quantitative estimate of drug-likeness (QED) is 0.661. The summed E-state index contributed by atoms with van der Waals surface area (Å²) >= 11 is 0. The Bertz CT molecular complexity index is 919. The summed E-state index contributed by atoms with van der Waals surface area (Å²) in [4.78, 5) is 16.6. The lowest BCUT2D eigenvalue weighted by atomic mass is 10.1. The predicted molar refractivity (Wildman–Crippen MR) is 96.8 cm³/mol. The van der Waals surface area contributed by atoms with E-state index in [1.807, 2.05) is 12.1 Å². The number of alkyl halides is 3. The van der Waals surface area contributed by atoms with Gasteiger partial charge in [-0.3, -0.25) is 4.98 Å². The molecular formula is C19H18F3N5O. The summed E-state index contributed by atoms with van der Waals surface area (Å²) in [5.74, 6) is 0.604. The zero-order valence-corrected chi connectivity index (χ0v) is 15.1. The van der Waals surface area contributed by atoms with Crippen molar-refractivity contribution in [1.82, 2.24) is 19.9 Å². The van der Waals surface area contributed by atoms with Crippen LogP contribution in [0.25, 0.3) is 0 Å². The molecule has 0 spiro atoms. The van der Waals surface area contributed by atoms with Gasteiger partial charge in [0.1, 0.15) is 5.82 Å². The van der Waals surface area contributed by atoms with Crippen LogP contribution in [0.2, 0.25) is 0 Å². The van der Waals surface area contributed by atoms with Crippen molar-refractivity contribution in [3.05, 3.63) is 71.3 Å². The Morgan fingerprint density at radius 1 is 1.00 bits per heavy atom. The van der Waals surface area contributed by atoms with Crippen LogP contribution in [-0.4, -0.2) is 26.5 Å². The number of halogens is 3. The number of nitrogens with one attached hydrogen (secondary N) is 1. The molecule has 0 saturated carbocycles. The number of aromatic nitrogens is 4. The Balaban J connectivity index is 1.81. The molecule has 146 valence electrons. The van der Waals surface area contributed by atoms with Crippen molar-refractivity contribution in [3.8, 4) is 6.01 Å². The smallest absolute Gasteiger partial charge is 0.416 e. The molecule has 28 heavy (non-hydrogen) atoms.